The minimum atomic E-state index is -0.345. The number of carbonyl (C=O) groups is 1. The van der Waals surface area contributed by atoms with Gasteiger partial charge in [-0.2, -0.15) is 0 Å². The van der Waals surface area contributed by atoms with E-state index in [9.17, 15) is 9.18 Å². The lowest BCUT2D eigenvalue weighted by molar-refractivity contribution is -0.113. The second kappa shape index (κ2) is 8.63. The Labute approximate surface area is 182 Å². The summed E-state index contributed by atoms with van der Waals surface area (Å²) in [6.07, 6.45) is 1.74. The van der Waals surface area contributed by atoms with Crippen LogP contribution >= 0.6 is 15.9 Å². The van der Waals surface area contributed by atoms with E-state index < -0.39 is 0 Å². The highest BCUT2D eigenvalue weighted by molar-refractivity contribution is 9.10. The van der Waals surface area contributed by atoms with Crippen LogP contribution in [-0.2, 0) is 4.79 Å². The van der Waals surface area contributed by atoms with Crippen molar-refractivity contribution in [2.45, 2.75) is 6.92 Å². The Bertz CT molecular complexity index is 1140. The van der Waals surface area contributed by atoms with Gasteiger partial charge in [0.25, 0.3) is 5.91 Å². The number of hydrogen-bond donors (Lipinski definition) is 0. The molecule has 0 radical (unpaired) electrons. The lowest BCUT2D eigenvalue weighted by atomic mass is 10.1. The third kappa shape index (κ3) is 4.19. The van der Waals surface area contributed by atoms with Crippen LogP contribution in [0.4, 0.5) is 10.1 Å². The van der Waals surface area contributed by atoms with Gasteiger partial charge in [0.15, 0.2) is 0 Å². The van der Waals surface area contributed by atoms with Crippen molar-refractivity contribution in [1.82, 2.24) is 0 Å². The maximum atomic E-state index is 13.4. The zero-order chi connectivity index (χ0) is 21.1. The van der Waals surface area contributed by atoms with Gasteiger partial charge in [-0.3, -0.25) is 9.69 Å². The Morgan fingerprint density at radius 2 is 1.80 bits per heavy atom. The minimum absolute atomic E-state index is 0.249. The standard InChI is InChI=1S/C24H18BrFN2O2/c1-2-30-21-12-6-16(7-13-21)14-22-24(29)28(20-5-3-4-18(25)15-20)23(27-22)17-8-10-19(26)11-9-17/h3-15H,2H2,1H3/b22-14+. The summed E-state index contributed by atoms with van der Waals surface area (Å²) in [7, 11) is 0. The Kier molecular flexibility index (Phi) is 5.77. The smallest absolute Gasteiger partial charge is 0.282 e. The first-order valence-corrected chi connectivity index (χ1v) is 10.2. The van der Waals surface area contributed by atoms with Gasteiger partial charge in [-0.1, -0.05) is 34.1 Å². The van der Waals surface area contributed by atoms with Crippen LogP contribution in [0.5, 0.6) is 5.75 Å². The summed E-state index contributed by atoms with van der Waals surface area (Å²) in [5, 5.41) is 0. The molecule has 0 fully saturated rings. The molecule has 1 heterocycles. The van der Waals surface area contributed by atoms with E-state index >= 15 is 0 Å². The number of amides is 1. The summed E-state index contributed by atoms with van der Waals surface area (Å²) in [6.45, 7) is 2.52. The van der Waals surface area contributed by atoms with Gasteiger partial charge in [0, 0.05) is 10.0 Å². The zero-order valence-electron chi connectivity index (χ0n) is 16.2. The number of aliphatic imine (C=N–C) groups is 1. The zero-order valence-corrected chi connectivity index (χ0v) is 17.8. The molecule has 1 aliphatic rings. The van der Waals surface area contributed by atoms with E-state index in [4.69, 9.17) is 4.74 Å². The third-order valence-electron chi connectivity index (χ3n) is 4.52. The van der Waals surface area contributed by atoms with Crippen molar-refractivity contribution in [2.24, 2.45) is 4.99 Å². The van der Waals surface area contributed by atoms with Crippen molar-refractivity contribution >= 4 is 39.4 Å². The van der Waals surface area contributed by atoms with Gasteiger partial charge >= 0.3 is 0 Å². The second-order valence-electron chi connectivity index (χ2n) is 6.59. The highest BCUT2D eigenvalue weighted by atomic mass is 79.9. The Hall–Kier alpha value is -3.25. The molecule has 1 amide bonds. The summed E-state index contributed by atoms with van der Waals surface area (Å²) in [6, 6.07) is 20.8. The normalized spacial score (nSPS) is 14.9. The van der Waals surface area contributed by atoms with E-state index in [2.05, 4.69) is 20.9 Å². The van der Waals surface area contributed by atoms with Crippen LogP contribution < -0.4 is 9.64 Å². The van der Waals surface area contributed by atoms with E-state index in [0.717, 1.165) is 15.8 Å². The van der Waals surface area contributed by atoms with Crippen LogP contribution in [0.15, 0.2) is 88.0 Å². The van der Waals surface area contributed by atoms with Gasteiger partial charge in [-0.25, -0.2) is 9.38 Å². The number of hydrogen-bond acceptors (Lipinski definition) is 3. The van der Waals surface area contributed by atoms with Crippen LogP contribution in [0.3, 0.4) is 0 Å². The Morgan fingerprint density at radius 1 is 1.07 bits per heavy atom. The molecular weight excluding hydrogens is 447 g/mol. The average Bonchev–Trinajstić information content (AvgIpc) is 3.06. The van der Waals surface area contributed by atoms with Gasteiger partial charge in [-0.05, 0) is 73.2 Å². The SMILES string of the molecule is CCOc1ccc(/C=C2/N=C(c3ccc(F)cc3)N(c3cccc(Br)c3)C2=O)cc1. The number of nitrogens with zero attached hydrogens (tertiary/aromatic N) is 2. The first kappa shape index (κ1) is 20.0. The van der Waals surface area contributed by atoms with Gasteiger partial charge < -0.3 is 4.74 Å². The van der Waals surface area contributed by atoms with Crippen LogP contribution in [0.1, 0.15) is 18.1 Å². The van der Waals surface area contributed by atoms with Crippen molar-refractivity contribution in [2.75, 3.05) is 11.5 Å². The fourth-order valence-corrected chi connectivity index (χ4v) is 3.54. The van der Waals surface area contributed by atoms with Crippen molar-refractivity contribution in [1.29, 1.82) is 0 Å². The van der Waals surface area contributed by atoms with Gasteiger partial charge in [-0.15, -0.1) is 0 Å². The van der Waals surface area contributed by atoms with Crippen molar-refractivity contribution in [3.05, 3.63) is 99.9 Å². The van der Waals surface area contributed by atoms with Crippen LogP contribution in [0, 0.1) is 5.82 Å². The quantitative estimate of drug-likeness (QED) is 0.446. The number of amidine groups is 1. The van der Waals surface area contributed by atoms with Gasteiger partial charge in [0.05, 0.1) is 12.3 Å². The predicted molar refractivity (Wildman–Crippen MR) is 120 cm³/mol. The molecule has 0 unspecified atom stereocenters. The molecule has 0 aliphatic carbocycles. The summed E-state index contributed by atoms with van der Waals surface area (Å²) in [4.78, 5) is 19.4. The second-order valence-corrected chi connectivity index (χ2v) is 7.51. The lowest BCUT2D eigenvalue weighted by Gasteiger charge is -2.18. The fourth-order valence-electron chi connectivity index (χ4n) is 3.15. The molecule has 4 rings (SSSR count). The average molecular weight is 465 g/mol. The number of halogens is 2. The fraction of sp³-hybridized carbons (Fsp3) is 0.0833. The van der Waals surface area contributed by atoms with Crippen LogP contribution in [-0.4, -0.2) is 18.3 Å². The van der Waals surface area contributed by atoms with E-state index in [1.54, 1.807) is 23.1 Å². The van der Waals surface area contributed by atoms with Gasteiger partial charge in [0.1, 0.15) is 23.1 Å². The molecule has 30 heavy (non-hydrogen) atoms. The molecule has 0 saturated heterocycles. The van der Waals surface area contributed by atoms with E-state index in [1.807, 2.05) is 55.5 Å². The first-order chi connectivity index (χ1) is 14.5. The number of ether oxygens (including phenoxy) is 1. The summed E-state index contributed by atoms with van der Waals surface area (Å²) >= 11 is 3.45. The molecule has 3 aromatic carbocycles. The molecule has 6 heteroatoms. The number of rotatable bonds is 5. The van der Waals surface area contributed by atoms with E-state index in [0.29, 0.717) is 29.4 Å². The number of benzene rings is 3. The molecule has 1 aliphatic heterocycles. The van der Waals surface area contributed by atoms with Crippen molar-refractivity contribution < 1.29 is 13.9 Å². The van der Waals surface area contributed by atoms with E-state index in [1.165, 1.54) is 12.1 Å². The summed E-state index contributed by atoms with van der Waals surface area (Å²) < 4.78 is 19.7. The van der Waals surface area contributed by atoms with Crippen LogP contribution in [0.2, 0.25) is 0 Å². The molecule has 3 aromatic rings. The Morgan fingerprint density at radius 3 is 2.47 bits per heavy atom. The largest absolute Gasteiger partial charge is 0.494 e. The monoisotopic (exact) mass is 464 g/mol. The molecular formula is C24H18BrFN2O2. The van der Waals surface area contributed by atoms with Gasteiger partial charge in [0.2, 0.25) is 0 Å². The molecule has 0 saturated carbocycles. The molecule has 0 N–H and O–H groups in total. The maximum absolute atomic E-state index is 13.4. The lowest BCUT2D eigenvalue weighted by Crippen LogP contribution is -2.32. The summed E-state index contributed by atoms with van der Waals surface area (Å²) in [5.41, 5.74) is 2.46. The molecule has 150 valence electrons. The van der Waals surface area contributed by atoms with Crippen molar-refractivity contribution in [3.63, 3.8) is 0 Å². The van der Waals surface area contributed by atoms with E-state index in [-0.39, 0.29) is 11.7 Å². The highest BCUT2D eigenvalue weighted by Crippen LogP contribution is 2.30. The predicted octanol–water partition coefficient (Wildman–Crippen LogP) is 5.82. The molecule has 0 spiro atoms. The molecule has 0 aromatic heterocycles. The van der Waals surface area contributed by atoms with Crippen molar-refractivity contribution in [3.8, 4) is 5.75 Å². The number of carbonyl (C=O) groups excluding carboxylic acids is 1. The number of anilines is 1. The first-order valence-electron chi connectivity index (χ1n) is 9.44. The topological polar surface area (TPSA) is 41.9 Å². The third-order valence-corrected chi connectivity index (χ3v) is 5.02. The molecule has 4 nitrogen and oxygen atoms in total. The molecule has 0 bridgehead atoms. The Balaban J connectivity index is 1.76. The van der Waals surface area contributed by atoms with Crippen LogP contribution in [0.25, 0.3) is 6.08 Å². The molecule has 0 atom stereocenters. The minimum Gasteiger partial charge on any atom is -0.494 e. The highest BCUT2D eigenvalue weighted by Gasteiger charge is 2.32. The summed E-state index contributed by atoms with van der Waals surface area (Å²) in [5.74, 6) is 0.628. The maximum Gasteiger partial charge on any atom is 0.282 e.